The van der Waals surface area contributed by atoms with E-state index in [0.717, 1.165) is 0 Å². The molecule has 2 saturated heterocycles. The van der Waals surface area contributed by atoms with Gasteiger partial charge in [-0.2, -0.15) is 0 Å². The number of hydrogen-bond acceptors (Lipinski definition) is 9. The molecule has 0 bridgehead atoms. The molecule has 0 aromatic heterocycles. The SMILES string of the molecule is OC[C@H]1O[C@@H](O)C(O)[C@H]1O.OC[C@H]1O[C@@H](O)C[C@H]1O. The normalized spacial score (nSPS) is 45.9. The van der Waals surface area contributed by atoms with Crippen molar-refractivity contribution < 1.29 is 45.2 Å². The van der Waals surface area contributed by atoms with Crippen LogP contribution >= 0.6 is 0 Å². The Morgan fingerprint density at radius 2 is 1.37 bits per heavy atom. The van der Waals surface area contributed by atoms with E-state index in [1.165, 1.54) is 0 Å². The van der Waals surface area contributed by atoms with Crippen LogP contribution in [0, 0.1) is 0 Å². The van der Waals surface area contributed by atoms with Crippen LogP contribution in [0.25, 0.3) is 0 Å². The van der Waals surface area contributed by atoms with Gasteiger partial charge in [0.15, 0.2) is 12.6 Å². The second-order valence-electron chi connectivity index (χ2n) is 4.34. The van der Waals surface area contributed by atoms with Gasteiger partial charge in [0.05, 0.1) is 19.3 Å². The fraction of sp³-hybridized carbons (Fsp3) is 1.00. The summed E-state index contributed by atoms with van der Waals surface area (Å²) >= 11 is 0. The molecule has 7 N–H and O–H groups in total. The van der Waals surface area contributed by atoms with Gasteiger partial charge in [0, 0.05) is 6.42 Å². The molecule has 0 amide bonds. The smallest absolute Gasteiger partial charge is 0.184 e. The highest BCUT2D eigenvalue weighted by molar-refractivity contribution is 4.84. The largest absolute Gasteiger partial charge is 0.394 e. The van der Waals surface area contributed by atoms with Crippen molar-refractivity contribution in [2.24, 2.45) is 0 Å². The molecule has 19 heavy (non-hydrogen) atoms. The summed E-state index contributed by atoms with van der Waals surface area (Å²) in [5.41, 5.74) is 0. The van der Waals surface area contributed by atoms with Crippen molar-refractivity contribution in [3.63, 3.8) is 0 Å². The van der Waals surface area contributed by atoms with E-state index in [0.29, 0.717) is 0 Å². The number of aliphatic hydroxyl groups excluding tert-OH is 7. The van der Waals surface area contributed by atoms with E-state index in [2.05, 4.69) is 9.47 Å². The van der Waals surface area contributed by atoms with Crippen molar-refractivity contribution in [1.29, 1.82) is 0 Å². The maximum Gasteiger partial charge on any atom is 0.184 e. The Labute approximate surface area is 109 Å². The molecule has 2 fully saturated rings. The Morgan fingerprint density at radius 1 is 0.789 bits per heavy atom. The fourth-order valence-corrected chi connectivity index (χ4v) is 1.75. The van der Waals surface area contributed by atoms with Gasteiger partial charge in [-0.15, -0.1) is 0 Å². The van der Waals surface area contributed by atoms with E-state index >= 15 is 0 Å². The maximum absolute atomic E-state index is 8.93. The van der Waals surface area contributed by atoms with E-state index in [9.17, 15) is 0 Å². The van der Waals surface area contributed by atoms with Gasteiger partial charge in [0.1, 0.15) is 24.4 Å². The highest BCUT2D eigenvalue weighted by atomic mass is 16.6. The molecule has 0 aromatic rings. The first-order chi connectivity index (χ1) is 8.90. The zero-order valence-electron chi connectivity index (χ0n) is 10.1. The fourth-order valence-electron chi connectivity index (χ4n) is 1.75. The minimum atomic E-state index is -1.38. The van der Waals surface area contributed by atoms with Crippen molar-refractivity contribution in [2.45, 2.75) is 49.5 Å². The van der Waals surface area contributed by atoms with Crippen LogP contribution in [0.2, 0.25) is 0 Å². The average molecular weight is 284 g/mol. The van der Waals surface area contributed by atoms with Crippen molar-refractivity contribution in [2.75, 3.05) is 13.2 Å². The van der Waals surface area contributed by atoms with E-state index in [1.807, 2.05) is 0 Å². The van der Waals surface area contributed by atoms with E-state index in [-0.39, 0.29) is 13.0 Å². The third kappa shape index (κ3) is 4.31. The third-order valence-corrected chi connectivity index (χ3v) is 2.90. The van der Waals surface area contributed by atoms with Gasteiger partial charge in [0.25, 0.3) is 0 Å². The lowest BCUT2D eigenvalue weighted by Gasteiger charge is -2.09. The van der Waals surface area contributed by atoms with Gasteiger partial charge in [-0.05, 0) is 0 Å². The Kier molecular flexibility index (Phi) is 6.53. The Morgan fingerprint density at radius 3 is 1.58 bits per heavy atom. The van der Waals surface area contributed by atoms with Gasteiger partial charge in [-0.1, -0.05) is 0 Å². The summed E-state index contributed by atoms with van der Waals surface area (Å²) in [6.07, 6.45) is -6.78. The zero-order chi connectivity index (χ0) is 14.6. The molecule has 2 heterocycles. The first-order valence-electron chi connectivity index (χ1n) is 5.83. The lowest BCUT2D eigenvalue weighted by Crippen LogP contribution is -2.33. The summed E-state index contributed by atoms with van der Waals surface area (Å²) in [7, 11) is 0. The summed E-state index contributed by atoms with van der Waals surface area (Å²) in [5, 5.41) is 61.0. The van der Waals surface area contributed by atoms with Gasteiger partial charge >= 0.3 is 0 Å². The number of hydrogen-bond donors (Lipinski definition) is 7. The van der Waals surface area contributed by atoms with E-state index in [4.69, 9.17) is 35.7 Å². The zero-order valence-corrected chi connectivity index (χ0v) is 10.1. The molecular weight excluding hydrogens is 264 g/mol. The minimum absolute atomic E-state index is 0.200. The Hall–Kier alpha value is -0.360. The lowest BCUT2D eigenvalue weighted by molar-refractivity contribution is -0.132. The van der Waals surface area contributed by atoms with Crippen LogP contribution in [0.3, 0.4) is 0 Å². The molecule has 1 unspecified atom stereocenters. The van der Waals surface area contributed by atoms with Crippen LogP contribution in [0.15, 0.2) is 0 Å². The Balaban J connectivity index is 0.000000191. The van der Waals surface area contributed by atoms with Gasteiger partial charge in [-0.25, -0.2) is 0 Å². The summed E-state index contributed by atoms with van der Waals surface area (Å²) < 4.78 is 9.22. The van der Waals surface area contributed by atoms with Crippen LogP contribution in [-0.4, -0.2) is 92.1 Å². The predicted molar refractivity (Wildman–Crippen MR) is 58.6 cm³/mol. The molecule has 2 aliphatic rings. The van der Waals surface area contributed by atoms with Crippen LogP contribution in [0.4, 0.5) is 0 Å². The first-order valence-corrected chi connectivity index (χ1v) is 5.83. The van der Waals surface area contributed by atoms with Crippen molar-refractivity contribution in [3.05, 3.63) is 0 Å². The maximum atomic E-state index is 8.93. The molecule has 0 radical (unpaired) electrons. The molecule has 7 atom stereocenters. The van der Waals surface area contributed by atoms with Crippen molar-refractivity contribution >= 4 is 0 Å². The lowest BCUT2D eigenvalue weighted by atomic mass is 10.1. The van der Waals surface area contributed by atoms with Crippen LogP contribution in [-0.2, 0) is 9.47 Å². The summed E-state index contributed by atoms with van der Waals surface area (Å²) in [5.74, 6) is 0. The van der Waals surface area contributed by atoms with Crippen LogP contribution in [0.5, 0.6) is 0 Å². The van der Waals surface area contributed by atoms with E-state index in [1.54, 1.807) is 0 Å². The molecule has 9 nitrogen and oxygen atoms in total. The summed E-state index contributed by atoms with van der Waals surface area (Å²) in [6.45, 7) is -0.645. The van der Waals surface area contributed by atoms with Crippen LogP contribution in [0.1, 0.15) is 6.42 Å². The molecule has 114 valence electrons. The molecule has 0 aromatic carbocycles. The minimum Gasteiger partial charge on any atom is -0.394 e. The van der Waals surface area contributed by atoms with Crippen molar-refractivity contribution in [1.82, 2.24) is 0 Å². The summed E-state index contributed by atoms with van der Waals surface area (Å²) in [4.78, 5) is 0. The second kappa shape index (κ2) is 7.43. The molecule has 0 aliphatic carbocycles. The second-order valence-corrected chi connectivity index (χ2v) is 4.34. The van der Waals surface area contributed by atoms with E-state index < -0.39 is 49.7 Å². The van der Waals surface area contributed by atoms with Crippen LogP contribution < -0.4 is 0 Å². The highest BCUT2D eigenvalue weighted by Crippen LogP contribution is 2.18. The molecule has 0 spiro atoms. The van der Waals surface area contributed by atoms with Gasteiger partial charge < -0.3 is 45.2 Å². The quantitative estimate of drug-likeness (QED) is 0.267. The predicted octanol–water partition coefficient (Wildman–Crippen LogP) is -4.14. The summed E-state index contributed by atoms with van der Waals surface area (Å²) in [6, 6.07) is 0. The average Bonchev–Trinajstić information content (AvgIpc) is 2.83. The molecule has 9 heteroatoms. The third-order valence-electron chi connectivity index (χ3n) is 2.90. The monoisotopic (exact) mass is 284 g/mol. The molecule has 2 aliphatic heterocycles. The highest BCUT2D eigenvalue weighted by Gasteiger charge is 2.41. The molecule has 2 rings (SSSR count). The molecular formula is C10H20O9. The number of ether oxygens (including phenoxy) is 2. The van der Waals surface area contributed by atoms with Crippen molar-refractivity contribution in [3.8, 4) is 0 Å². The topological polar surface area (TPSA) is 160 Å². The van der Waals surface area contributed by atoms with Gasteiger partial charge in [-0.3, -0.25) is 0 Å². The standard InChI is InChI=1S/C5H10O5.C5H10O4/c6-1-2-3(7)4(8)5(9)10-2;6-2-4-3(7)1-5(8)9-4/h2-9H,1H2;3-8H,1-2H2/t2-,3+,4?,5-;3-,4-,5-/m11/s1. The molecule has 0 saturated carbocycles. The number of rotatable bonds is 2. The Bertz CT molecular complexity index is 263. The number of aliphatic hydroxyl groups is 7. The van der Waals surface area contributed by atoms with Gasteiger partial charge in [0.2, 0.25) is 0 Å². The first kappa shape index (κ1) is 16.7.